The van der Waals surface area contributed by atoms with Crippen LogP contribution in [0.15, 0.2) is 0 Å². The molecule has 21 heavy (non-hydrogen) atoms. The fourth-order valence-corrected chi connectivity index (χ4v) is 2.72. The summed E-state index contributed by atoms with van der Waals surface area (Å²) in [5.41, 5.74) is -0.633. The molecule has 0 aliphatic rings. The van der Waals surface area contributed by atoms with E-state index < -0.39 is 5.41 Å². The van der Waals surface area contributed by atoms with E-state index in [2.05, 4.69) is 39.5 Å². The Balaban J connectivity index is 4.74. The van der Waals surface area contributed by atoms with E-state index in [4.69, 9.17) is 4.74 Å². The van der Waals surface area contributed by atoms with Gasteiger partial charge in [-0.1, -0.05) is 41.5 Å². The summed E-state index contributed by atoms with van der Waals surface area (Å²) in [6, 6.07) is 0. The molecule has 1 N–H and O–H groups in total. The average Bonchev–Trinajstić information content (AvgIpc) is 2.40. The predicted octanol–water partition coefficient (Wildman–Crippen LogP) is 2.94. The maximum Gasteiger partial charge on any atom is 0.312 e. The van der Waals surface area contributed by atoms with Crippen LogP contribution >= 0.6 is 0 Å². The van der Waals surface area contributed by atoms with Crippen molar-refractivity contribution in [2.24, 2.45) is 16.7 Å². The smallest absolute Gasteiger partial charge is 0.312 e. The number of rotatable bonds is 9. The molecule has 0 aromatic carbocycles. The minimum Gasteiger partial charge on any atom is -0.464 e. The van der Waals surface area contributed by atoms with E-state index in [1.165, 1.54) is 0 Å². The third-order valence-electron chi connectivity index (χ3n) is 4.26. The molecule has 0 aliphatic carbocycles. The van der Waals surface area contributed by atoms with Crippen LogP contribution in [0.4, 0.5) is 0 Å². The highest BCUT2D eigenvalue weighted by Crippen LogP contribution is 2.40. The highest BCUT2D eigenvalue weighted by atomic mass is 16.5. The molecule has 4 nitrogen and oxygen atoms in total. The highest BCUT2D eigenvalue weighted by Gasteiger charge is 2.42. The van der Waals surface area contributed by atoms with Crippen LogP contribution in [-0.2, 0) is 9.53 Å². The molecule has 126 valence electrons. The van der Waals surface area contributed by atoms with Gasteiger partial charge in [0.25, 0.3) is 0 Å². The van der Waals surface area contributed by atoms with Crippen molar-refractivity contribution in [2.45, 2.75) is 54.9 Å². The summed E-state index contributed by atoms with van der Waals surface area (Å²) in [6.45, 7) is 17.5. The molecule has 2 atom stereocenters. The topological polar surface area (TPSA) is 49.8 Å². The summed E-state index contributed by atoms with van der Waals surface area (Å²) in [7, 11) is 0. The Hall–Kier alpha value is -0.610. The van der Waals surface area contributed by atoms with E-state index in [1.54, 1.807) is 0 Å². The van der Waals surface area contributed by atoms with E-state index in [-0.39, 0.29) is 23.9 Å². The van der Waals surface area contributed by atoms with E-state index in [0.29, 0.717) is 13.0 Å². The van der Waals surface area contributed by atoms with Gasteiger partial charge in [0.15, 0.2) is 0 Å². The second kappa shape index (κ2) is 8.74. The molecule has 0 aliphatic heterocycles. The largest absolute Gasteiger partial charge is 0.464 e. The van der Waals surface area contributed by atoms with Gasteiger partial charge in [-0.3, -0.25) is 4.79 Å². The predicted molar refractivity (Wildman–Crippen MR) is 87.2 cm³/mol. The van der Waals surface area contributed by atoms with Crippen LogP contribution in [0.25, 0.3) is 0 Å². The lowest BCUT2D eigenvalue weighted by Gasteiger charge is -2.37. The van der Waals surface area contributed by atoms with Gasteiger partial charge in [0, 0.05) is 13.2 Å². The lowest BCUT2D eigenvalue weighted by molar-refractivity contribution is -0.162. The molecule has 0 aromatic heterocycles. The number of aliphatic hydroxyl groups is 1. The van der Waals surface area contributed by atoms with Gasteiger partial charge < -0.3 is 14.7 Å². The Labute approximate surface area is 130 Å². The Bertz CT molecular complexity index is 308. The molecule has 2 unspecified atom stereocenters. The first-order chi connectivity index (χ1) is 9.60. The first-order valence-electron chi connectivity index (χ1n) is 8.11. The first kappa shape index (κ1) is 20.4. The van der Waals surface area contributed by atoms with Crippen molar-refractivity contribution in [3.8, 4) is 0 Å². The summed E-state index contributed by atoms with van der Waals surface area (Å²) >= 11 is 0. The number of hydrogen-bond acceptors (Lipinski definition) is 4. The number of carbonyl (C=O) groups excluding carboxylic acids is 1. The quantitative estimate of drug-likeness (QED) is 0.665. The van der Waals surface area contributed by atoms with E-state index in [1.807, 2.05) is 13.8 Å². The number of aliphatic hydroxyl groups excluding tert-OH is 1. The molecule has 0 fully saturated rings. The molecular formula is C17H35NO3. The Morgan fingerprint density at radius 1 is 1.19 bits per heavy atom. The van der Waals surface area contributed by atoms with Crippen molar-refractivity contribution in [3.63, 3.8) is 0 Å². The van der Waals surface area contributed by atoms with Crippen molar-refractivity contribution in [1.29, 1.82) is 0 Å². The number of ether oxygens (including phenoxy) is 1. The van der Waals surface area contributed by atoms with E-state index in [0.717, 1.165) is 19.6 Å². The fraction of sp³-hybridized carbons (Fsp3) is 0.941. The van der Waals surface area contributed by atoms with Gasteiger partial charge in [0.1, 0.15) is 6.61 Å². The van der Waals surface area contributed by atoms with Gasteiger partial charge >= 0.3 is 5.97 Å². The van der Waals surface area contributed by atoms with Crippen LogP contribution in [0.3, 0.4) is 0 Å². The van der Waals surface area contributed by atoms with Crippen molar-refractivity contribution in [1.82, 2.24) is 4.90 Å². The molecule has 0 saturated carbocycles. The lowest BCUT2D eigenvalue weighted by Crippen LogP contribution is -2.41. The van der Waals surface area contributed by atoms with Gasteiger partial charge in [0.2, 0.25) is 0 Å². The number of nitrogens with zero attached hydrogens (tertiary/aromatic N) is 1. The fourth-order valence-electron chi connectivity index (χ4n) is 2.72. The van der Waals surface area contributed by atoms with Gasteiger partial charge in [0.05, 0.1) is 5.41 Å². The standard InChI is InChI=1S/C17H35NO3/c1-8-18(9-2)10-11-21-15(20)17(7,14(3)12-19)13-16(4,5)6/h14,19H,8-13H2,1-7H3. The molecule has 0 saturated heterocycles. The molecule has 4 heteroatoms. The van der Waals surface area contributed by atoms with Crippen molar-refractivity contribution in [2.75, 3.05) is 32.8 Å². The third kappa shape index (κ3) is 6.79. The van der Waals surface area contributed by atoms with Crippen LogP contribution in [0.2, 0.25) is 0 Å². The zero-order chi connectivity index (χ0) is 16.7. The van der Waals surface area contributed by atoms with Crippen molar-refractivity contribution >= 4 is 5.97 Å². The number of carbonyl (C=O) groups is 1. The second-order valence-electron chi connectivity index (χ2n) is 7.40. The molecule has 0 spiro atoms. The number of esters is 1. The van der Waals surface area contributed by atoms with Crippen LogP contribution in [-0.4, -0.2) is 48.8 Å². The van der Waals surface area contributed by atoms with Crippen molar-refractivity contribution in [3.05, 3.63) is 0 Å². The van der Waals surface area contributed by atoms with Crippen LogP contribution < -0.4 is 0 Å². The molecular weight excluding hydrogens is 266 g/mol. The molecule has 0 aromatic rings. The number of hydrogen-bond donors (Lipinski definition) is 1. The summed E-state index contributed by atoms with van der Waals surface area (Å²) in [4.78, 5) is 14.8. The van der Waals surface area contributed by atoms with Crippen LogP contribution in [0.1, 0.15) is 54.9 Å². The monoisotopic (exact) mass is 301 g/mol. The maximum absolute atomic E-state index is 12.5. The molecule has 0 bridgehead atoms. The molecule has 0 amide bonds. The first-order valence-corrected chi connectivity index (χ1v) is 8.11. The second-order valence-corrected chi connectivity index (χ2v) is 7.40. The lowest BCUT2D eigenvalue weighted by atomic mass is 9.68. The maximum atomic E-state index is 12.5. The Kier molecular flexibility index (Phi) is 8.49. The SMILES string of the molecule is CCN(CC)CCOC(=O)C(C)(CC(C)(C)C)C(C)CO. The molecule has 0 heterocycles. The Morgan fingerprint density at radius 3 is 2.10 bits per heavy atom. The zero-order valence-electron chi connectivity index (χ0n) is 15.0. The normalized spacial score (nSPS) is 16.6. The zero-order valence-corrected chi connectivity index (χ0v) is 15.0. The van der Waals surface area contributed by atoms with Gasteiger partial charge in [-0.25, -0.2) is 0 Å². The van der Waals surface area contributed by atoms with Crippen LogP contribution in [0, 0.1) is 16.7 Å². The molecule has 0 rings (SSSR count). The summed E-state index contributed by atoms with van der Waals surface area (Å²) in [5, 5.41) is 9.49. The summed E-state index contributed by atoms with van der Waals surface area (Å²) in [6.07, 6.45) is 0.700. The Morgan fingerprint density at radius 2 is 1.71 bits per heavy atom. The van der Waals surface area contributed by atoms with Gasteiger partial charge in [-0.2, -0.15) is 0 Å². The van der Waals surface area contributed by atoms with Crippen molar-refractivity contribution < 1.29 is 14.6 Å². The minimum atomic E-state index is -0.643. The van der Waals surface area contributed by atoms with Crippen LogP contribution in [0.5, 0.6) is 0 Å². The average molecular weight is 301 g/mol. The minimum absolute atomic E-state index is 0.00226. The third-order valence-corrected chi connectivity index (χ3v) is 4.26. The summed E-state index contributed by atoms with van der Waals surface area (Å²) in [5.74, 6) is -0.302. The van der Waals surface area contributed by atoms with Gasteiger partial charge in [-0.05, 0) is 37.8 Å². The number of likely N-dealkylation sites (N-methyl/N-ethyl adjacent to an activating group) is 1. The summed E-state index contributed by atoms with van der Waals surface area (Å²) < 4.78 is 5.52. The molecule has 0 radical (unpaired) electrons. The highest BCUT2D eigenvalue weighted by molar-refractivity contribution is 5.76. The van der Waals surface area contributed by atoms with E-state index in [9.17, 15) is 9.90 Å². The van der Waals surface area contributed by atoms with E-state index >= 15 is 0 Å². The van der Waals surface area contributed by atoms with Gasteiger partial charge in [-0.15, -0.1) is 0 Å².